The number of nitrogens with one attached hydrogen (secondary N) is 1. The number of benzene rings is 1. The molecule has 0 aromatic heterocycles. The maximum Gasteiger partial charge on any atom is 0.224 e. The number of halogens is 2. The number of carbonyl (C=O) groups excluding carboxylic acids is 1. The predicted octanol–water partition coefficient (Wildman–Crippen LogP) is 4.56. The van der Waals surface area contributed by atoms with Crippen LogP contribution in [-0.2, 0) is 16.0 Å². The molecule has 4 rings (SSSR count). The molecule has 3 aliphatic rings. The summed E-state index contributed by atoms with van der Waals surface area (Å²) in [5.41, 5.74) is 2.04. The molecule has 1 amide bonds. The summed E-state index contributed by atoms with van der Waals surface area (Å²) in [5.74, 6) is 0.246. The lowest BCUT2D eigenvalue weighted by atomic mass is 9.69. The van der Waals surface area contributed by atoms with Crippen LogP contribution in [0.2, 0.25) is 10.0 Å². The van der Waals surface area contributed by atoms with Crippen molar-refractivity contribution in [3.63, 3.8) is 0 Å². The molecule has 2 heterocycles. The zero-order valence-electron chi connectivity index (χ0n) is 16.6. The minimum atomic E-state index is -0.0309. The fourth-order valence-corrected chi connectivity index (χ4v) is 6.08. The summed E-state index contributed by atoms with van der Waals surface area (Å²) in [6, 6.07) is 4.24. The van der Waals surface area contributed by atoms with Gasteiger partial charge in [-0.3, -0.25) is 9.69 Å². The van der Waals surface area contributed by atoms with E-state index < -0.39 is 0 Å². The SMILES string of the molecule is CNC(=O)Cc1ccc(Cl)c(Cl)c1C1CC2(CCCO2)CCC1N1CCCC1. The van der Waals surface area contributed by atoms with Gasteiger partial charge in [0.05, 0.1) is 22.1 Å². The summed E-state index contributed by atoms with van der Waals surface area (Å²) in [4.78, 5) is 14.8. The Morgan fingerprint density at radius 2 is 2.04 bits per heavy atom. The first-order valence-electron chi connectivity index (χ1n) is 10.6. The smallest absolute Gasteiger partial charge is 0.224 e. The van der Waals surface area contributed by atoms with Gasteiger partial charge < -0.3 is 10.1 Å². The Morgan fingerprint density at radius 3 is 2.71 bits per heavy atom. The second kappa shape index (κ2) is 8.51. The summed E-state index contributed by atoms with van der Waals surface area (Å²) >= 11 is 13.3. The minimum Gasteiger partial charge on any atom is -0.375 e. The van der Waals surface area contributed by atoms with E-state index in [9.17, 15) is 4.79 Å². The highest BCUT2D eigenvalue weighted by Gasteiger charge is 2.47. The van der Waals surface area contributed by atoms with Gasteiger partial charge in [-0.15, -0.1) is 0 Å². The first-order chi connectivity index (χ1) is 13.5. The molecule has 154 valence electrons. The van der Waals surface area contributed by atoms with Gasteiger partial charge in [-0.2, -0.15) is 0 Å². The second-order valence-corrected chi connectivity index (χ2v) is 9.36. The first kappa shape index (κ1) is 20.5. The molecule has 4 nitrogen and oxygen atoms in total. The van der Waals surface area contributed by atoms with Crippen molar-refractivity contribution in [2.45, 2.75) is 68.9 Å². The molecule has 3 atom stereocenters. The zero-order valence-corrected chi connectivity index (χ0v) is 18.1. The summed E-state index contributed by atoms with van der Waals surface area (Å²) in [7, 11) is 1.68. The van der Waals surface area contributed by atoms with Gasteiger partial charge in [-0.05, 0) is 75.2 Å². The third-order valence-electron chi connectivity index (χ3n) is 6.97. The molecule has 1 saturated carbocycles. The highest BCUT2D eigenvalue weighted by molar-refractivity contribution is 6.42. The maximum atomic E-state index is 12.2. The fourth-order valence-electron chi connectivity index (χ4n) is 5.59. The largest absolute Gasteiger partial charge is 0.375 e. The predicted molar refractivity (Wildman–Crippen MR) is 113 cm³/mol. The summed E-state index contributed by atoms with van der Waals surface area (Å²) in [6.45, 7) is 3.16. The van der Waals surface area contributed by atoms with E-state index >= 15 is 0 Å². The molecule has 0 bridgehead atoms. The van der Waals surface area contributed by atoms with Crippen LogP contribution in [0.3, 0.4) is 0 Å². The Labute approximate surface area is 177 Å². The lowest BCUT2D eigenvalue weighted by molar-refractivity contribution is -0.119. The van der Waals surface area contributed by atoms with E-state index in [1.807, 2.05) is 12.1 Å². The molecule has 3 unspecified atom stereocenters. The monoisotopic (exact) mass is 424 g/mol. The van der Waals surface area contributed by atoms with Crippen LogP contribution in [0.4, 0.5) is 0 Å². The number of carbonyl (C=O) groups is 1. The Balaban J connectivity index is 1.75. The number of likely N-dealkylation sites (tertiary alicyclic amines) is 1. The average Bonchev–Trinajstić information content (AvgIpc) is 3.38. The number of ether oxygens (including phenoxy) is 1. The van der Waals surface area contributed by atoms with Crippen LogP contribution < -0.4 is 5.32 Å². The van der Waals surface area contributed by atoms with E-state index in [1.54, 1.807) is 7.05 Å². The van der Waals surface area contributed by atoms with Crippen molar-refractivity contribution in [1.82, 2.24) is 10.2 Å². The summed E-state index contributed by atoms with van der Waals surface area (Å²) in [6.07, 6.45) is 8.32. The van der Waals surface area contributed by atoms with Gasteiger partial charge in [0.15, 0.2) is 0 Å². The molecule has 6 heteroatoms. The second-order valence-electron chi connectivity index (χ2n) is 8.58. The van der Waals surface area contributed by atoms with Gasteiger partial charge in [0.2, 0.25) is 5.91 Å². The molecule has 3 fully saturated rings. The van der Waals surface area contributed by atoms with Crippen molar-refractivity contribution in [1.29, 1.82) is 0 Å². The van der Waals surface area contributed by atoms with E-state index in [4.69, 9.17) is 27.9 Å². The van der Waals surface area contributed by atoms with Gasteiger partial charge in [0.25, 0.3) is 0 Å². The van der Waals surface area contributed by atoms with Crippen LogP contribution in [0, 0.1) is 0 Å². The van der Waals surface area contributed by atoms with E-state index in [0.29, 0.717) is 22.5 Å². The zero-order chi connectivity index (χ0) is 19.7. The van der Waals surface area contributed by atoms with Gasteiger partial charge >= 0.3 is 0 Å². The minimum absolute atomic E-state index is 0.000000656. The maximum absolute atomic E-state index is 12.2. The van der Waals surface area contributed by atoms with Crippen molar-refractivity contribution in [3.8, 4) is 0 Å². The third kappa shape index (κ3) is 3.94. The fraction of sp³-hybridized carbons (Fsp3) is 0.682. The highest BCUT2D eigenvalue weighted by Crippen LogP contribution is 2.50. The van der Waals surface area contributed by atoms with Crippen molar-refractivity contribution >= 4 is 29.1 Å². The van der Waals surface area contributed by atoms with Gasteiger partial charge in [-0.25, -0.2) is 0 Å². The molecule has 1 aliphatic carbocycles. The number of rotatable bonds is 4. The third-order valence-corrected chi connectivity index (χ3v) is 7.79. The van der Waals surface area contributed by atoms with E-state index in [-0.39, 0.29) is 17.4 Å². The van der Waals surface area contributed by atoms with Crippen LogP contribution in [0.1, 0.15) is 62.0 Å². The number of likely N-dealkylation sites (N-methyl/N-ethyl adjacent to an activating group) is 1. The van der Waals surface area contributed by atoms with E-state index in [0.717, 1.165) is 62.9 Å². The molecule has 0 radical (unpaired) electrons. The Morgan fingerprint density at radius 1 is 1.25 bits per heavy atom. The molecule has 2 saturated heterocycles. The topological polar surface area (TPSA) is 41.6 Å². The molecule has 2 aliphatic heterocycles. The molecule has 1 aromatic carbocycles. The van der Waals surface area contributed by atoms with Gasteiger partial charge in [-0.1, -0.05) is 29.3 Å². The molecular formula is C22H30Cl2N2O2. The number of hydrogen-bond donors (Lipinski definition) is 1. The molecule has 1 N–H and O–H groups in total. The van der Waals surface area contributed by atoms with Crippen LogP contribution in [-0.4, -0.2) is 49.2 Å². The lowest BCUT2D eigenvalue weighted by Gasteiger charge is -2.46. The van der Waals surface area contributed by atoms with Crippen molar-refractivity contribution in [2.24, 2.45) is 0 Å². The molecule has 1 spiro atoms. The summed E-state index contributed by atoms with van der Waals surface area (Å²) in [5, 5.41) is 3.93. The Kier molecular flexibility index (Phi) is 6.22. The Hall–Kier alpha value is -0.810. The van der Waals surface area contributed by atoms with Crippen LogP contribution in [0.15, 0.2) is 12.1 Å². The first-order valence-corrected chi connectivity index (χ1v) is 11.3. The summed E-state index contributed by atoms with van der Waals surface area (Å²) < 4.78 is 6.28. The molecule has 1 aromatic rings. The van der Waals surface area contributed by atoms with Crippen LogP contribution in [0.5, 0.6) is 0 Å². The quantitative estimate of drug-likeness (QED) is 0.769. The normalized spacial score (nSPS) is 30.8. The van der Waals surface area contributed by atoms with E-state index in [2.05, 4.69) is 10.2 Å². The number of hydrogen-bond acceptors (Lipinski definition) is 3. The molecular weight excluding hydrogens is 395 g/mol. The van der Waals surface area contributed by atoms with Gasteiger partial charge in [0, 0.05) is 25.6 Å². The Bertz CT molecular complexity index is 727. The van der Waals surface area contributed by atoms with Crippen LogP contribution in [0.25, 0.3) is 0 Å². The highest BCUT2D eigenvalue weighted by atomic mass is 35.5. The van der Waals surface area contributed by atoms with Crippen molar-refractivity contribution in [2.75, 3.05) is 26.7 Å². The molecule has 28 heavy (non-hydrogen) atoms. The van der Waals surface area contributed by atoms with Crippen molar-refractivity contribution in [3.05, 3.63) is 33.3 Å². The van der Waals surface area contributed by atoms with Gasteiger partial charge in [0.1, 0.15) is 0 Å². The lowest BCUT2D eigenvalue weighted by Crippen LogP contribution is -2.47. The average molecular weight is 425 g/mol. The number of nitrogens with zero attached hydrogens (tertiary/aromatic N) is 1. The van der Waals surface area contributed by atoms with E-state index in [1.165, 1.54) is 12.8 Å². The number of amides is 1. The standard InChI is InChI=1S/C22H30Cl2N2O2/c1-25-19(27)13-15-5-6-17(23)21(24)20(15)16-14-22(8-4-12-28-22)9-7-18(16)26-10-2-3-11-26/h5-6,16,18H,2-4,7-14H2,1H3,(H,25,27). The van der Waals surface area contributed by atoms with Crippen LogP contribution >= 0.6 is 23.2 Å². The van der Waals surface area contributed by atoms with Crippen molar-refractivity contribution < 1.29 is 9.53 Å².